The van der Waals surface area contributed by atoms with E-state index in [1.165, 1.54) is 11.6 Å². The first-order chi connectivity index (χ1) is 18.2. The molecule has 3 aromatic heterocycles. The molecule has 3 aliphatic rings. The number of halogens is 4. The minimum absolute atomic E-state index is 0.00208. The number of nitrogens with one attached hydrogen (secondary N) is 1. The Hall–Kier alpha value is -3.52. The topological polar surface area (TPSA) is 94.6 Å². The van der Waals surface area contributed by atoms with Crippen molar-refractivity contribution in [3.63, 3.8) is 0 Å². The van der Waals surface area contributed by atoms with E-state index in [9.17, 15) is 17.6 Å². The number of rotatable bonds is 6. The fourth-order valence-corrected chi connectivity index (χ4v) is 5.44. The highest BCUT2D eigenvalue weighted by atomic mass is 19.3. The van der Waals surface area contributed by atoms with Crippen LogP contribution in [0.5, 0.6) is 5.88 Å². The van der Waals surface area contributed by atoms with Gasteiger partial charge in [0.2, 0.25) is 11.8 Å². The molecule has 38 heavy (non-hydrogen) atoms. The van der Waals surface area contributed by atoms with Gasteiger partial charge in [0, 0.05) is 31.1 Å². The van der Waals surface area contributed by atoms with Crippen LogP contribution in [0.4, 0.5) is 23.5 Å². The minimum Gasteiger partial charge on any atom is -0.479 e. The maximum Gasteiger partial charge on any atom is 0.281 e. The fourth-order valence-electron chi connectivity index (χ4n) is 5.44. The first-order valence-electron chi connectivity index (χ1n) is 12.3. The van der Waals surface area contributed by atoms with E-state index >= 15 is 0 Å². The number of methoxy groups -OCH3 is 1. The largest absolute Gasteiger partial charge is 0.479 e. The van der Waals surface area contributed by atoms with Crippen LogP contribution in [0.2, 0.25) is 0 Å². The second kappa shape index (κ2) is 8.24. The number of fused-ring (bicyclic) bond motifs is 2. The molecule has 1 saturated carbocycles. The third-order valence-corrected chi connectivity index (χ3v) is 7.65. The summed E-state index contributed by atoms with van der Waals surface area (Å²) in [5.41, 5.74) is 3.27. The predicted molar refractivity (Wildman–Crippen MR) is 128 cm³/mol. The van der Waals surface area contributed by atoms with Crippen LogP contribution in [0.3, 0.4) is 0 Å². The molecular formula is C24H24F4N8O2. The molecule has 4 aromatic rings. The van der Waals surface area contributed by atoms with Gasteiger partial charge in [-0.3, -0.25) is 4.90 Å². The first-order valence-corrected chi connectivity index (χ1v) is 12.3. The molecule has 3 fully saturated rings. The molecule has 1 aliphatic carbocycles. The number of hydrogen-bond acceptors (Lipinski definition) is 8. The highest BCUT2D eigenvalue weighted by Gasteiger charge is 2.51. The third-order valence-electron chi connectivity index (χ3n) is 7.65. The standard InChI is InChI=1S/C24H24F4N8O2/c1-37-21-20-16(13-2-3-17-18(6-13)36(33-31-17)14-7-23(25,26)8-14)4-5-35(20)32-22(30-21)29-19-9-34(12-24(19,27)28)15-10-38-11-15/h2-6,14-15,19H,7-12H2,1H3,(H,29,32)/t19-/m1/s1. The number of ether oxygens (including phenoxy) is 2. The molecule has 2 aliphatic heterocycles. The van der Waals surface area contributed by atoms with Crippen LogP contribution in [0.25, 0.3) is 27.7 Å². The SMILES string of the molecule is COc1nc(N[C@@H]2CN(C3COC3)CC2(F)F)nn2ccc(-c3ccc4nnn(C5CC(F)(F)C5)c4c3)c12. The normalized spacial score (nSPS) is 23.6. The van der Waals surface area contributed by atoms with Gasteiger partial charge in [0.25, 0.3) is 11.8 Å². The summed E-state index contributed by atoms with van der Waals surface area (Å²) in [6.45, 7) is 0.719. The van der Waals surface area contributed by atoms with Crippen LogP contribution in [0, 0.1) is 0 Å². The molecule has 2 saturated heterocycles. The van der Waals surface area contributed by atoms with E-state index in [-0.39, 0.29) is 43.8 Å². The van der Waals surface area contributed by atoms with E-state index in [2.05, 4.69) is 25.7 Å². The summed E-state index contributed by atoms with van der Waals surface area (Å²) >= 11 is 0. The van der Waals surface area contributed by atoms with Gasteiger partial charge in [-0.1, -0.05) is 11.3 Å². The summed E-state index contributed by atoms with van der Waals surface area (Å²) in [6.07, 6.45) is 1.15. The lowest BCUT2D eigenvalue weighted by molar-refractivity contribution is -0.106. The second-order valence-corrected chi connectivity index (χ2v) is 10.2. The molecule has 14 heteroatoms. The lowest BCUT2D eigenvalue weighted by Crippen LogP contribution is -2.48. The predicted octanol–water partition coefficient (Wildman–Crippen LogP) is 3.25. The van der Waals surface area contributed by atoms with Crippen LogP contribution >= 0.6 is 0 Å². The summed E-state index contributed by atoms with van der Waals surface area (Å²) in [6, 6.07) is 5.70. The van der Waals surface area contributed by atoms with E-state index in [1.54, 1.807) is 21.8 Å². The maximum absolute atomic E-state index is 14.8. The zero-order valence-electron chi connectivity index (χ0n) is 20.3. The summed E-state index contributed by atoms with van der Waals surface area (Å²) in [4.78, 5) is 6.12. The van der Waals surface area contributed by atoms with Crippen LogP contribution in [0.15, 0.2) is 30.5 Å². The van der Waals surface area contributed by atoms with Gasteiger partial charge in [0.15, 0.2) is 0 Å². The second-order valence-electron chi connectivity index (χ2n) is 10.2. The van der Waals surface area contributed by atoms with Crippen molar-refractivity contribution < 1.29 is 27.0 Å². The molecule has 7 rings (SSSR count). The number of likely N-dealkylation sites (tertiary alicyclic amines) is 1. The zero-order valence-corrected chi connectivity index (χ0v) is 20.3. The molecular weight excluding hydrogens is 508 g/mol. The highest BCUT2D eigenvalue weighted by Crippen LogP contribution is 2.46. The molecule has 0 radical (unpaired) electrons. The van der Waals surface area contributed by atoms with Crippen molar-refractivity contribution >= 4 is 22.5 Å². The van der Waals surface area contributed by atoms with E-state index < -0.39 is 23.9 Å². The first kappa shape index (κ1) is 23.6. The third kappa shape index (κ3) is 3.76. The van der Waals surface area contributed by atoms with Gasteiger partial charge in [0.1, 0.15) is 17.1 Å². The Bertz CT molecular complexity index is 1530. The van der Waals surface area contributed by atoms with Gasteiger partial charge in [-0.25, -0.2) is 26.8 Å². The van der Waals surface area contributed by atoms with E-state index in [0.717, 1.165) is 11.1 Å². The van der Waals surface area contributed by atoms with Crippen molar-refractivity contribution in [2.75, 3.05) is 38.7 Å². The molecule has 0 bridgehead atoms. The van der Waals surface area contributed by atoms with Crippen molar-refractivity contribution in [1.82, 2.24) is 34.5 Å². The van der Waals surface area contributed by atoms with E-state index in [0.29, 0.717) is 29.8 Å². The summed E-state index contributed by atoms with van der Waals surface area (Å²) < 4.78 is 70.2. The molecule has 200 valence electrons. The van der Waals surface area contributed by atoms with Crippen LogP contribution < -0.4 is 10.1 Å². The van der Waals surface area contributed by atoms with E-state index in [1.807, 2.05) is 18.2 Å². The highest BCUT2D eigenvalue weighted by molar-refractivity contribution is 5.89. The lowest BCUT2D eigenvalue weighted by atomic mass is 9.88. The Labute approximate surface area is 213 Å². The number of aromatic nitrogens is 6. The molecule has 0 spiro atoms. The average molecular weight is 533 g/mol. The number of benzene rings is 1. The Balaban J connectivity index is 1.20. The van der Waals surface area contributed by atoms with Crippen molar-refractivity contribution in [1.29, 1.82) is 0 Å². The number of nitrogens with zero attached hydrogens (tertiary/aromatic N) is 7. The van der Waals surface area contributed by atoms with Gasteiger partial charge in [0.05, 0.1) is 44.5 Å². The van der Waals surface area contributed by atoms with Crippen LogP contribution in [-0.4, -0.2) is 91.8 Å². The molecule has 5 heterocycles. The molecule has 1 atom stereocenters. The Morgan fingerprint density at radius 2 is 1.92 bits per heavy atom. The molecule has 0 amide bonds. The van der Waals surface area contributed by atoms with Gasteiger partial charge in [-0.05, 0) is 23.8 Å². The fraction of sp³-hybridized carbons (Fsp3) is 0.500. The van der Waals surface area contributed by atoms with Crippen molar-refractivity contribution in [3.05, 3.63) is 30.5 Å². The Kier molecular flexibility index (Phi) is 5.11. The Morgan fingerprint density at radius 3 is 2.63 bits per heavy atom. The quantitative estimate of drug-likeness (QED) is 0.379. The summed E-state index contributed by atoms with van der Waals surface area (Å²) in [5.74, 6) is -5.41. The maximum atomic E-state index is 14.8. The minimum atomic E-state index is -2.96. The molecule has 1 aromatic carbocycles. The van der Waals surface area contributed by atoms with Gasteiger partial charge in [-0.2, -0.15) is 4.98 Å². The average Bonchev–Trinajstić information content (AvgIpc) is 3.50. The lowest BCUT2D eigenvalue weighted by Gasteiger charge is -2.34. The van der Waals surface area contributed by atoms with Gasteiger partial charge >= 0.3 is 0 Å². The van der Waals surface area contributed by atoms with Crippen molar-refractivity contribution in [3.8, 4) is 17.0 Å². The zero-order chi connectivity index (χ0) is 26.2. The van der Waals surface area contributed by atoms with Crippen molar-refractivity contribution in [2.45, 2.75) is 42.8 Å². The van der Waals surface area contributed by atoms with Gasteiger partial charge < -0.3 is 14.8 Å². The molecule has 0 unspecified atom stereocenters. The van der Waals surface area contributed by atoms with E-state index in [4.69, 9.17) is 9.47 Å². The van der Waals surface area contributed by atoms with Crippen LogP contribution in [0.1, 0.15) is 18.9 Å². The Morgan fingerprint density at radius 1 is 1.11 bits per heavy atom. The number of alkyl halides is 4. The van der Waals surface area contributed by atoms with Gasteiger partial charge in [-0.15, -0.1) is 10.2 Å². The van der Waals surface area contributed by atoms with Crippen molar-refractivity contribution in [2.24, 2.45) is 0 Å². The molecule has 1 N–H and O–H groups in total. The molecule has 10 nitrogen and oxygen atoms in total. The summed E-state index contributed by atoms with van der Waals surface area (Å²) in [7, 11) is 1.45. The number of anilines is 1. The number of hydrogen-bond donors (Lipinski definition) is 1. The van der Waals surface area contributed by atoms with Crippen LogP contribution in [-0.2, 0) is 4.74 Å². The monoisotopic (exact) mass is 532 g/mol. The smallest absolute Gasteiger partial charge is 0.281 e. The summed E-state index contributed by atoms with van der Waals surface area (Å²) in [5, 5.41) is 15.4.